The van der Waals surface area contributed by atoms with Crippen LogP contribution in [0.3, 0.4) is 0 Å². The molecule has 34 heavy (non-hydrogen) atoms. The summed E-state index contributed by atoms with van der Waals surface area (Å²) in [6, 6.07) is 22.4. The van der Waals surface area contributed by atoms with Crippen LogP contribution in [0, 0.1) is 0 Å². The van der Waals surface area contributed by atoms with Crippen LogP contribution in [0.2, 0.25) is 10.0 Å². The molecule has 0 fully saturated rings. The number of hydrogen-bond acceptors (Lipinski definition) is 4. The fraction of sp³-hybridized carbons (Fsp3) is 0.231. The van der Waals surface area contributed by atoms with Gasteiger partial charge in [0.1, 0.15) is 5.82 Å². The molecule has 0 spiro atoms. The highest BCUT2D eigenvalue weighted by Gasteiger charge is 2.17. The Bertz CT molecular complexity index is 1260. The van der Waals surface area contributed by atoms with Crippen molar-refractivity contribution in [3.05, 3.63) is 99.8 Å². The lowest BCUT2D eigenvalue weighted by molar-refractivity contribution is -0.120. The van der Waals surface area contributed by atoms with Gasteiger partial charge in [-0.25, -0.2) is 4.98 Å². The van der Waals surface area contributed by atoms with E-state index in [0.29, 0.717) is 29.0 Å². The summed E-state index contributed by atoms with van der Waals surface area (Å²) in [5, 5.41) is 14.8. The highest BCUT2D eigenvalue weighted by Crippen LogP contribution is 2.19. The molecule has 2 N–H and O–H groups in total. The van der Waals surface area contributed by atoms with E-state index in [-0.39, 0.29) is 25.5 Å². The maximum atomic E-state index is 12.6. The molecule has 0 saturated heterocycles. The number of halogens is 2. The van der Waals surface area contributed by atoms with E-state index in [2.05, 4.69) is 10.3 Å². The Kier molecular flexibility index (Phi) is 8.19. The number of fused-ring (bicyclic) bond motifs is 1. The van der Waals surface area contributed by atoms with Crippen molar-refractivity contribution in [2.24, 2.45) is 0 Å². The molecular weight excluding hydrogens is 473 g/mol. The van der Waals surface area contributed by atoms with Crippen LogP contribution in [0.25, 0.3) is 11.0 Å². The Balaban J connectivity index is 1.39. The predicted octanol–water partition coefficient (Wildman–Crippen LogP) is 4.78. The second kappa shape index (κ2) is 11.5. The summed E-state index contributed by atoms with van der Waals surface area (Å²) >= 11 is 12.1. The number of rotatable bonds is 10. The van der Waals surface area contributed by atoms with Crippen molar-refractivity contribution in [1.82, 2.24) is 14.9 Å². The third-order valence-corrected chi connectivity index (χ3v) is 5.99. The number of para-hydroxylation sites is 2. The van der Waals surface area contributed by atoms with E-state index >= 15 is 0 Å². The molecule has 8 heteroatoms. The quantitative estimate of drug-likeness (QED) is 0.330. The van der Waals surface area contributed by atoms with E-state index in [9.17, 15) is 9.90 Å². The summed E-state index contributed by atoms with van der Waals surface area (Å²) in [4.78, 5) is 17.3. The summed E-state index contributed by atoms with van der Waals surface area (Å²) < 4.78 is 7.56. The van der Waals surface area contributed by atoms with Crippen molar-refractivity contribution in [2.45, 2.75) is 32.2 Å². The Morgan fingerprint density at radius 1 is 1.03 bits per heavy atom. The molecule has 1 unspecified atom stereocenters. The molecule has 1 heterocycles. The molecule has 6 nitrogen and oxygen atoms in total. The molecule has 0 aliphatic carbocycles. The summed E-state index contributed by atoms with van der Waals surface area (Å²) in [6.45, 7) is 1.08. The fourth-order valence-corrected chi connectivity index (χ4v) is 3.97. The molecule has 1 aromatic heterocycles. The number of aliphatic hydroxyl groups excluding tert-OH is 1. The van der Waals surface area contributed by atoms with E-state index in [1.54, 1.807) is 18.2 Å². The third-order valence-electron chi connectivity index (χ3n) is 5.37. The number of benzene rings is 3. The van der Waals surface area contributed by atoms with Gasteiger partial charge in [-0.3, -0.25) is 4.79 Å². The minimum absolute atomic E-state index is 0.0927. The normalized spacial score (nSPS) is 12.1. The Morgan fingerprint density at radius 3 is 2.56 bits per heavy atom. The van der Waals surface area contributed by atoms with Crippen LogP contribution in [0.1, 0.15) is 17.0 Å². The van der Waals surface area contributed by atoms with Crippen molar-refractivity contribution in [3.63, 3.8) is 0 Å². The zero-order valence-electron chi connectivity index (χ0n) is 18.5. The number of ether oxygens (including phenoxy) is 1. The van der Waals surface area contributed by atoms with Crippen LogP contribution in [0.15, 0.2) is 72.8 Å². The van der Waals surface area contributed by atoms with Crippen LogP contribution in [0.4, 0.5) is 0 Å². The second-order valence-corrected chi connectivity index (χ2v) is 8.81. The van der Waals surface area contributed by atoms with Gasteiger partial charge in [-0.1, -0.05) is 65.7 Å². The van der Waals surface area contributed by atoms with Crippen LogP contribution in [-0.4, -0.2) is 33.3 Å². The van der Waals surface area contributed by atoms with Gasteiger partial charge in [0, 0.05) is 16.6 Å². The number of aromatic nitrogens is 2. The van der Waals surface area contributed by atoms with Gasteiger partial charge >= 0.3 is 0 Å². The summed E-state index contributed by atoms with van der Waals surface area (Å²) in [5.41, 5.74) is 3.44. The van der Waals surface area contributed by atoms with Gasteiger partial charge in [-0.05, 0) is 41.5 Å². The molecule has 0 radical (unpaired) electrons. The van der Waals surface area contributed by atoms with Gasteiger partial charge < -0.3 is 19.7 Å². The van der Waals surface area contributed by atoms with Crippen molar-refractivity contribution in [3.8, 4) is 0 Å². The van der Waals surface area contributed by atoms with Gasteiger partial charge in [0.25, 0.3) is 0 Å². The van der Waals surface area contributed by atoms with Crippen LogP contribution < -0.4 is 5.32 Å². The number of aliphatic hydroxyl groups is 1. The van der Waals surface area contributed by atoms with Gasteiger partial charge in [0.2, 0.25) is 5.91 Å². The number of nitrogens with zero attached hydrogens (tertiary/aromatic N) is 2. The second-order valence-electron chi connectivity index (χ2n) is 7.97. The standard InChI is InChI=1S/C26H25Cl2N3O3/c27-20-11-9-18(10-12-20)14-29-26(33)13-25-30-23-7-3-4-8-24(23)31(25)15-21(32)17-34-16-19-5-1-2-6-22(19)28/h1-12,21,32H,13-17H2,(H,29,33). The lowest BCUT2D eigenvalue weighted by Gasteiger charge is -2.15. The Morgan fingerprint density at radius 2 is 1.76 bits per heavy atom. The number of imidazole rings is 1. The Hall–Kier alpha value is -2.90. The van der Waals surface area contributed by atoms with Crippen LogP contribution >= 0.6 is 23.2 Å². The molecule has 0 bridgehead atoms. The molecule has 1 atom stereocenters. The maximum absolute atomic E-state index is 12.6. The van der Waals surface area contributed by atoms with E-state index in [1.165, 1.54) is 0 Å². The highest BCUT2D eigenvalue weighted by atomic mass is 35.5. The number of carbonyl (C=O) groups is 1. The van der Waals surface area contributed by atoms with Crippen LogP contribution in [-0.2, 0) is 35.6 Å². The number of carbonyl (C=O) groups excluding carboxylic acids is 1. The van der Waals surface area contributed by atoms with Crippen molar-refractivity contribution in [2.75, 3.05) is 6.61 Å². The van der Waals surface area contributed by atoms with Gasteiger partial charge in [0.05, 0.1) is 43.3 Å². The molecule has 0 saturated carbocycles. The monoisotopic (exact) mass is 497 g/mol. The molecule has 1 amide bonds. The first-order chi connectivity index (χ1) is 16.5. The zero-order valence-corrected chi connectivity index (χ0v) is 20.0. The first kappa shape index (κ1) is 24.2. The summed E-state index contributed by atoms with van der Waals surface area (Å²) in [6.07, 6.45) is -0.689. The molecule has 4 aromatic rings. The first-order valence-electron chi connectivity index (χ1n) is 10.9. The van der Waals surface area contributed by atoms with E-state index in [4.69, 9.17) is 27.9 Å². The van der Waals surface area contributed by atoms with Crippen molar-refractivity contribution < 1.29 is 14.6 Å². The first-order valence-corrected chi connectivity index (χ1v) is 11.7. The molecule has 0 aliphatic rings. The molecule has 176 valence electrons. The number of nitrogens with one attached hydrogen (secondary N) is 1. The molecule has 0 aliphatic heterocycles. The largest absolute Gasteiger partial charge is 0.389 e. The zero-order chi connectivity index (χ0) is 23.9. The summed E-state index contributed by atoms with van der Waals surface area (Å²) in [5.74, 6) is 0.427. The highest BCUT2D eigenvalue weighted by molar-refractivity contribution is 6.31. The smallest absolute Gasteiger partial charge is 0.227 e. The van der Waals surface area contributed by atoms with E-state index in [0.717, 1.165) is 22.2 Å². The third kappa shape index (κ3) is 6.36. The van der Waals surface area contributed by atoms with E-state index in [1.807, 2.05) is 59.2 Å². The fourth-order valence-electron chi connectivity index (χ4n) is 3.66. The van der Waals surface area contributed by atoms with Crippen molar-refractivity contribution in [1.29, 1.82) is 0 Å². The van der Waals surface area contributed by atoms with Crippen molar-refractivity contribution >= 4 is 40.1 Å². The minimum atomic E-state index is -0.782. The minimum Gasteiger partial charge on any atom is -0.389 e. The number of hydrogen-bond donors (Lipinski definition) is 2. The molecular formula is C26H25Cl2N3O3. The topological polar surface area (TPSA) is 76.4 Å². The van der Waals surface area contributed by atoms with Crippen LogP contribution in [0.5, 0.6) is 0 Å². The average Bonchev–Trinajstić information content (AvgIpc) is 3.16. The lowest BCUT2D eigenvalue weighted by Crippen LogP contribution is -2.28. The SMILES string of the molecule is O=C(Cc1nc2ccccc2n1CC(O)COCc1ccccc1Cl)NCc1ccc(Cl)cc1. The van der Waals surface area contributed by atoms with E-state index < -0.39 is 6.10 Å². The lowest BCUT2D eigenvalue weighted by atomic mass is 10.2. The number of amides is 1. The van der Waals surface area contributed by atoms with Gasteiger partial charge in [-0.2, -0.15) is 0 Å². The molecule has 3 aromatic carbocycles. The van der Waals surface area contributed by atoms with Gasteiger partial charge in [-0.15, -0.1) is 0 Å². The summed E-state index contributed by atoms with van der Waals surface area (Å²) in [7, 11) is 0. The predicted molar refractivity (Wildman–Crippen MR) is 134 cm³/mol. The average molecular weight is 498 g/mol. The Labute approximate surface area is 208 Å². The van der Waals surface area contributed by atoms with Gasteiger partial charge in [0.15, 0.2) is 0 Å². The maximum Gasteiger partial charge on any atom is 0.227 e. The molecule has 4 rings (SSSR count).